The molecular formula is C8H13NO. The summed E-state index contributed by atoms with van der Waals surface area (Å²) in [6.07, 6.45) is 3.23. The lowest BCUT2D eigenvalue weighted by atomic mass is 9.76. The van der Waals surface area contributed by atoms with Gasteiger partial charge in [-0.1, -0.05) is 0 Å². The molecule has 1 saturated carbocycles. The summed E-state index contributed by atoms with van der Waals surface area (Å²) in [5.41, 5.74) is -0.252. The molecule has 1 fully saturated rings. The molecule has 1 aliphatic carbocycles. The van der Waals surface area contributed by atoms with Crippen molar-refractivity contribution in [3.8, 4) is 6.07 Å². The van der Waals surface area contributed by atoms with Gasteiger partial charge in [-0.2, -0.15) is 5.26 Å². The fourth-order valence-electron chi connectivity index (χ4n) is 1.55. The van der Waals surface area contributed by atoms with Crippen LogP contribution in [-0.2, 0) is 0 Å². The molecular weight excluding hydrogens is 126 g/mol. The van der Waals surface area contributed by atoms with E-state index in [-0.39, 0.29) is 11.5 Å². The predicted molar refractivity (Wildman–Crippen MR) is 38.2 cm³/mol. The summed E-state index contributed by atoms with van der Waals surface area (Å²) in [5.74, 6) is 0. The average molecular weight is 139 g/mol. The molecule has 0 spiro atoms. The normalized spacial score (nSPS) is 40.7. The first kappa shape index (κ1) is 7.56. The minimum Gasteiger partial charge on any atom is -0.393 e. The molecule has 10 heavy (non-hydrogen) atoms. The van der Waals surface area contributed by atoms with Crippen molar-refractivity contribution >= 4 is 0 Å². The molecule has 0 radical (unpaired) electrons. The van der Waals surface area contributed by atoms with Crippen molar-refractivity contribution in [2.75, 3.05) is 0 Å². The van der Waals surface area contributed by atoms with Gasteiger partial charge in [-0.3, -0.25) is 0 Å². The molecule has 2 nitrogen and oxygen atoms in total. The molecule has 0 aromatic rings. The molecule has 0 heterocycles. The zero-order valence-electron chi connectivity index (χ0n) is 6.30. The zero-order chi connectivity index (χ0) is 7.61. The van der Waals surface area contributed by atoms with Crippen LogP contribution in [0.1, 0.15) is 32.6 Å². The lowest BCUT2D eigenvalue weighted by Crippen LogP contribution is -2.27. The summed E-state index contributed by atoms with van der Waals surface area (Å²) >= 11 is 0. The van der Waals surface area contributed by atoms with Gasteiger partial charge in [-0.25, -0.2) is 0 Å². The lowest BCUT2D eigenvalue weighted by Gasteiger charge is -2.29. The number of aliphatic hydroxyl groups excluding tert-OH is 1. The van der Waals surface area contributed by atoms with Crippen LogP contribution in [0, 0.1) is 16.7 Å². The van der Waals surface area contributed by atoms with E-state index in [0.717, 1.165) is 19.3 Å². The third-order valence-corrected chi connectivity index (χ3v) is 2.22. The van der Waals surface area contributed by atoms with Crippen LogP contribution < -0.4 is 0 Å². The highest BCUT2D eigenvalue weighted by molar-refractivity contribution is 4.98. The Kier molecular flexibility index (Phi) is 1.96. The van der Waals surface area contributed by atoms with Gasteiger partial charge in [-0.05, 0) is 32.6 Å². The van der Waals surface area contributed by atoms with Crippen LogP contribution in [0.3, 0.4) is 0 Å². The van der Waals surface area contributed by atoms with E-state index in [9.17, 15) is 5.11 Å². The summed E-state index contributed by atoms with van der Waals surface area (Å²) in [7, 11) is 0. The van der Waals surface area contributed by atoms with Crippen molar-refractivity contribution in [1.82, 2.24) is 0 Å². The topological polar surface area (TPSA) is 44.0 Å². The fraction of sp³-hybridized carbons (Fsp3) is 0.875. The van der Waals surface area contributed by atoms with Crippen molar-refractivity contribution in [1.29, 1.82) is 5.26 Å². The van der Waals surface area contributed by atoms with E-state index in [1.54, 1.807) is 0 Å². The molecule has 2 atom stereocenters. The fourth-order valence-corrected chi connectivity index (χ4v) is 1.55. The van der Waals surface area contributed by atoms with Crippen molar-refractivity contribution < 1.29 is 5.11 Å². The Bertz CT molecular complexity index is 161. The lowest BCUT2D eigenvalue weighted by molar-refractivity contribution is 0.0824. The van der Waals surface area contributed by atoms with Crippen LogP contribution in [0.5, 0.6) is 0 Å². The second kappa shape index (κ2) is 2.59. The Balaban J connectivity index is 2.56. The summed E-state index contributed by atoms with van der Waals surface area (Å²) in [5, 5.41) is 17.9. The predicted octanol–water partition coefficient (Wildman–Crippen LogP) is 1.45. The third-order valence-electron chi connectivity index (χ3n) is 2.22. The standard InChI is InChI=1S/C8H13NO/c1-8(6-9)4-2-3-7(10)5-8/h7,10H,2-5H2,1H3. The second-order valence-corrected chi connectivity index (χ2v) is 3.42. The van der Waals surface area contributed by atoms with Gasteiger partial charge in [0.1, 0.15) is 0 Å². The quantitative estimate of drug-likeness (QED) is 0.552. The van der Waals surface area contributed by atoms with Gasteiger partial charge in [0.2, 0.25) is 0 Å². The summed E-state index contributed by atoms with van der Waals surface area (Å²) < 4.78 is 0. The molecule has 0 aromatic carbocycles. The zero-order valence-corrected chi connectivity index (χ0v) is 6.30. The van der Waals surface area contributed by atoms with Crippen molar-refractivity contribution in [3.05, 3.63) is 0 Å². The number of nitriles is 1. The minimum atomic E-state index is -0.252. The maximum atomic E-state index is 9.22. The van der Waals surface area contributed by atoms with Crippen molar-refractivity contribution in [2.45, 2.75) is 38.7 Å². The molecule has 0 aromatic heterocycles. The molecule has 0 bridgehead atoms. The van der Waals surface area contributed by atoms with E-state index in [1.807, 2.05) is 6.92 Å². The Labute approximate surface area is 61.5 Å². The summed E-state index contributed by atoms with van der Waals surface area (Å²) in [4.78, 5) is 0. The Morgan fingerprint density at radius 2 is 2.40 bits per heavy atom. The van der Waals surface area contributed by atoms with E-state index >= 15 is 0 Å². The molecule has 0 aliphatic heterocycles. The number of nitrogens with zero attached hydrogens (tertiary/aromatic N) is 1. The van der Waals surface area contributed by atoms with Crippen LogP contribution in [-0.4, -0.2) is 11.2 Å². The maximum Gasteiger partial charge on any atom is 0.0687 e. The van der Waals surface area contributed by atoms with Gasteiger partial charge in [0.25, 0.3) is 0 Å². The van der Waals surface area contributed by atoms with E-state index in [1.165, 1.54) is 0 Å². The van der Waals surface area contributed by atoms with Gasteiger partial charge in [0.15, 0.2) is 0 Å². The maximum absolute atomic E-state index is 9.22. The average Bonchev–Trinajstić information content (AvgIpc) is 1.88. The van der Waals surface area contributed by atoms with Crippen LogP contribution >= 0.6 is 0 Å². The minimum absolute atomic E-state index is 0.238. The van der Waals surface area contributed by atoms with Crippen molar-refractivity contribution in [2.24, 2.45) is 5.41 Å². The van der Waals surface area contributed by atoms with Gasteiger partial charge < -0.3 is 5.11 Å². The van der Waals surface area contributed by atoms with Crippen LogP contribution in [0.25, 0.3) is 0 Å². The first-order chi connectivity index (χ1) is 4.66. The second-order valence-electron chi connectivity index (χ2n) is 3.42. The van der Waals surface area contributed by atoms with Gasteiger partial charge in [-0.15, -0.1) is 0 Å². The molecule has 2 unspecified atom stereocenters. The molecule has 0 saturated heterocycles. The van der Waals surface area contributed by atoms with Gasteiger partial charge in [0, 0.05) is 0 Å². The third kappa shape index (κ3) is 1.48. The van der Waals surface area contributed by atoms with Gasteiger partial charge in [0.05, 0.1) is 17.6 Å². The number of rotatable bonds is 0. The molecule has 1 aliphatic rings. The monoisotopic (exact) mass is 139 g/mol. The summed E-state index contributed by atoms with van der Waals surface area (Å²) in [6.45, 7) is 1.93. The van der Waals surface area contributed by atoms with E-state index in [0.29, 0.717) is 6.42 Å². The number of hydrogen-bond acceptors (Lipinski definition) is 2. The Morgan fingerprint density at radius 1 is 1.70 bits per heavy atom. The number of aliphatic hydroxyl groups is 1. The van der Waals surface area contributed by atoms with E-state index in [2.05, 4.69) is 6.07 Å². The highest BCUT2D eigenvalue weighted by atomic mass is 16.3. The highest BCUT2D eigenvalue weighted by Crippen LogP contribution is 2.34. The molecule has 1 rings (SSSR count). The van der Waals surface area contributed by atoms with E-state index < -0.39 is 0 Å². The van der Waals surface area contributed by atoms with Crippen molar-refractivity contribution in [3.63, 3.8) is 0 Å². The largest absolute Gasteiger partial charge is 0.393 e. The van der Waals surface area contributed by atoms with Crippen LogP contribution in [0.2, 0.25) is 0 Å². The van der Waals surface area contributed by atoms with Crippen LogP contribution in [0.15, 0.2) is 0 Å². The number of hydrogen-bond donors (Lipinski definition) is 1. The highest BCUT2D eigenvalue weighted by Gasteiger charge is 2.30. The summed E-state index contributed by atoms with van der Waals surface area (Å²) in [6, 6.07) is 2.25. The SMILES string of the molecule is CC1(C#N)CCCC(O)C1. The van der Waals surface area contributed by atoms with Crippen LogP contribution in [0.4, 0.5) is 0 Å². The molecule has 0 amide bonds. The van der Waals surface area contributed by atoms with E-state index in [4.69, 9.17) is 5.26 Å². The molecule has 2 heteroatoms. The molecule has 1 N–H and O–H groups in total. The Hall–Kier alpha value is -0.550. The molecule has 56 valence electrons. The first-order valence-corrected chi connectivity index (χ1v) is 3.76. The first-order valence-electron chi connectivity index (χ1n) is 3.76. The van der Waals surface area contributed by atoms with Gasteiger partial charge >= 0.3 is 0 Å². The smallest absolute Gasteiger partial charge is 0.0687 e. The Morgan fingerprint density at radius 3 is 2.80 bits per heavy atom.